The third kappa shape index (κ3) is 5.23. The van der Waals surface area contributed by atoms with E-state index in [-0.39, 0.29) is 17.4 Å². The van der Waals surface area contributed by atoms with Crippen LogP contribution in [0.15, 0.2) is 10.4 Å². The van der Waals surface area contributed by atoms with Crippen molar-refractivity contribution in [3.05, 3.63) is 16.1 Å². The Hall–Kier alpha value is -1.67. The van der Waals surface area contributed by atoms with E-state index in [1.165, 1.54) is 0 Å². The molecule has 7 nitrogen and oxygen atoms in total. The van der Waals surface area contributed by atoms with E-state index in [0.717, 1.165) is 49.1 Å². The molecule has 28 heavy (non-hydrogen) atoms. The van der Waals surface area contributed by atoms with Crippen LogP contribution < -0.4 is 5.32 Å². The van der Waals surface area contributed by atoms with E-state index in [1.807, 2.05) is 4.90 Å². The van der Waals surface area contributed by atoms with Gasteiger partial charge in [0.15, 0.2) is 5.96 Å². The van der Waals surface area contributed by atoms with Crippen LogP contribution in [0.25, 0.3) is 0 Å². The Labute approximate surface area is 172 Å². The van der Waals surface area contributed by atoms with Gasteiger partial charge in [-0.1, -0.05) is 20.8 Å². The molecular weight excluding hydrogens is 374 g/mol. The van der Waals surface area contributed by atoms with E-state index in [2.05, 4.69) is 43.3 Å². The van der Waals surface area contributed by atoms with Gasteiger partial charge in [-0.15, -0.1) is 11.3 Å². The lowest BCUT2D eigenvalue weighted by Crippen LogP contribution is -2.55. The summed E-state index contributed by atoms with van der Waals surface area (Å²) in [4.78, 5) is 26.2. The number of guanidine groups is 1. The number of nitrogens with zero attached hydrogens (tertiary/aromatic N) is 4. The van der Waals surface area contributed by atoms with Crippen molar-refractivity contribution in [1.82, 2.24) is 20.1 Å². The molecule has 0 saturated carbocycles. The summed E-state index contributed by atoms with van der Waals surface area (Å²) in [5.41, 5.74) is 1.08. The summed E-state index contributed by atoms with van der Waals surface area (Å²) < 4.78 is 5.55. The molecule has 1 unspecified atom stereocenters. The van der Waals surface area contributed by atoms with Gasteiger partial charge >= 0.3 is 0 Å². The molecular formula is C20H33N5O2S. The highest BCUT2D eigenvalue weighted by molar-refractivity contribution is 7.09. The summed E-state index contributed by atoms with van der Waals surface area (Å²) in [6, 6.07) is 0. The summed E-state index contributed by atoms with van der Waals surface area (Å²) >= 11 is 1.70. The summed E-state index contributed by atoms with van der Waals surface area (Å²) in [6.07, 6.45) is 1.62. The lowest BCUT2D eigenvalue weighted by atomic mass is 9.98. The van der Waals surface area contributed by atoms with E-state index in [4.69, 9.17) is 14.7 Å². The molecule has 3 rings (SSSR count). The summed E-state index contributed by atoms with van der Waals surface area (Å²) in [5, 5.41) is 6.63. The number of hydrogen-bond acceptors (Lipinski definition) is 5. The van der Waals surface area contributed by atoms with Crippen molar-refractivity contribution < 1.29 is 9.53 Å². The van der Waals surface area contributed by atoms with Crippen molar-refractivity contribution in [1.29, 1.82) is 0 Å². The SMILES string of the molecule is CCNC(=NCc1csc(C(C)(C)C)n1)N1CCN(C(=O)C2CCCO2)CC1. The second kappa shape index (κ2) is 9.22. The van der Waals surface area contributed by atoms with Gasteiger partial charge in [0.25, 0.3) is 5.91 Å². The molecule has 0 bridgehead atoms. The molecule has 2 saturated heterocycles. The Morgan fingerprint density at radius 1 is 1.32 bits per heavy atom. The lowest BCUT2D eigenvalue weighted by Gasteiger charge is -2.37. The van der Waals surface area contributed by atoms with Crippen LogP contribution in [0.4, 0.5) is 0 Å². The van der Waals surface area contributed by atoms with Gasteiger partial charge < -0.3 is 19.9 Å². The van der Waals surface area contributed by atoms with E-state index in [1.54, 1.807) is 11.3 Å². The fraction of sp³-hybridized carbons (Fsp3) is 0.750. The van der Waals surface area contributed by atoms with Crippen molar-refractivity contribution in [3.63, 3.8) is 0 Å². The highest BCUT2D eigenvalue weighted by Gasteiger charge is 2.31. The largest absolute Gasteiger partial charge is 0.368 e. The normalized spacial score (nSPS) is 21.3. The number of amides is 1. The number of hydrogen-bond donors (Lipinski definition) is 1. The van der Waals surface area contributed by atoms with Gasteiger partial charge in [0, 0.05) is 50.1 Å². The van der Waals surface area contributed by atoms with Gasteiger partial charge in [-0.25, -0.2) is 9.98 Å². The molecule has 1 aromatic rings. The van der Waals surface area contributed by atoms with Gasteiger partial charge in [0.1, 0.15) is 6.10 Å². The Kier molecular flexibility index (Phi) is 6.93. The van der Waals surface area contributed by atoms with Crippen molar-refractivity contribution in [2.24, 2.45) is 4.99 Å². The Balaban J connectivity index is 1.57. The first kappa shape index (κ1) is 21.0. The number of thiazole rings is 1. The van der Waals surface area contributed by atoms with Crippen molar-refractivity contribution in [2.75, 3.05) is 39.3 Å². The van der Waals surface area contributed by atoms with Gasteiger partial charge in [-0.05, 0) is 19.8 Å². The van der Waals surface area contributed by atoms with Crippen molar-refractivity contribution in [2.45, 2.75) is 58.6 Å². The standard InChI is InChI=1S/C20H33N5O2S/c1-5-21-19(22-13-15-14-28-18(23-15)20(2,3)4)25-10-8-24(9-11-25)17(26)16-7-6-12-27-16/h14,16H,5-13H2,1-4H3,(H,21,22). The van der Waals surface area contributed by atoms with Crippen LogP contribution in [0.2, 0.25) is 0 Å². The van der Waals surface area contributed by atoms with Crippen molar-refractivity contribution in [3.8, 4) is 0 Å². The zero-order chi connectivity index (χ0) is 20.1. The number of rotatable bonds is 4. The molecule has 3 heterocycles. The molecule has 1 N–H and O–H groups in total. The lowest BCUT2D eigenvalue weighted by molar-refractivity contribution is -0.142. The van der Waals surface area contributed by atoms with Crippen LogP contribution in [0.1, 0.15) is 51.2 Å². The minimum absolute atomic E-state index is 0.0724. The Morgan fingerprint density at radius 2 is 2.04 bits per heavy atom. The second-order valence-corrected chi connectivity index (χ2v) is 9.24. The predicted octanol–water partition coefficient (Wildman–Crippen LogP) is 2.23. The first-order chi connectivity index (χ1) is 13.4. The van der Waals surface area contributed by atoms with Crippen LogP contribution >= 0.6 is 11.3 Å². The molecule has 2 aliphatic rings. The van der Waals surface area contributed by atoms with Gasteiger partial charge in [-0.2, -0.15) is 0 Å². The average molecular weight is 408 g/mol. The van der Waals surface area contributed by atoms with Gasteiger partial charge in [-0.3, -0.25) is 4.79 Å². The van der Waals surface area contributed by atoms with Crippen molar-refractivity contribution >= 4 is 23.2 Å². The Morgan fingerprint density at radius 3 is 2.61 bits per heavy atom. The smallest absolute Gasteiger partial charge is 0.251 e. The monoisotopic (exact) mass is 407 g/mol. The maximum atomic E-state index is 12.5. The minimum Gasteiger partial charge on any atom is -0.368 e. The van der Waals surface area contributed by atoms with Gasteiger partial charge in [0.2, 0.25) is 0 Å². The number of carbonyl (C=O) groups excluding carboxylic acids is 1. The van der Waals surface area contributed by atoms with E-state index in [9.17, 15) is 4.79 Å². The second-order valence-electron chi connectivity index (χ2n) is 8.38. The fourth-order valence-corrected chi connectivity index (χ4v) is 4.32. The molecule has 0 radical (unpaired) electrons. The average Bonchev–Trinajstić information content (AvgIpc) is 3.36. The molecule has 1 aromatic heterocycles. The Bertz CT molecular complexity index is 683. The first-order valence-electron chi connectivity index (χ1n) is 10.3. The third-order valence-corrected chi connectivity index (χ3v) is 6.33. The fourth-order valence-electron chi connectivity index (χ4n) is 3.42. The molecule has 8 heteroatoms. The molecule has 2 aliphatic heterocycles. The number of ether oxygens (including phenoxy) is 1. The van der Waals surface area contributed by atoms with E-state index < -0.39 is 0 Å². The summed E-state index contributed by atoms with van der Waals surface area (Å²) in [5.74, 6) is 1.05. The maximum absolute atomic E-state index is 12.5. The quantitative estimate of drug-likeness (QED) is 0.612. The molecule has 156 valence electrons. The van der Waals surface area contributed by atoms with Gasteiger partial charge in [0.05, 0.1) is 17.2 Å². The highest BCUT2D eigenvalue weighted by Crippen LogP contribution is 2.25. The number of aliphatic imine (C=N–C) groups is 1. The molecule has 0 spiro atoms. The minimum atomic E-state index is -0.227. The molecule has 0 aliphatic carbocycles. The molecule has 1 amide bonds. The maximum Gasteiger partial charge on any atom is 0.251 e. The van der Waals surface area contributed by atoms with Crippen LogP contribution in [-0.2, 0) is 21.5 Å². The van der Waals surface area contributed by atoms with E-state index in [0.29, 0.717) is 26.2 Å². The topological polar surface area (TPSA) is 70.1 Å². The van der Waals surface area contributed by atoms with Crippen LogP contribution in [-0.4, -0.2) is 72.1 Å². The van der Waals surface area contributed by atoms with Crippen LogP contribution in [0, 0.1) is 0 Å². The van der Waals surface area contributed by atoms with Crippen LogP contribution in [0.5, 0.6) is 0 Å². The van der Waals surface area contributed by atoms with Crippen LogP contribution in [0.3, 0.4) is 0 Å². The number of piperazine rings is 1. The zero-order valence-electron chi connectivity index (χ0n) is 17.5. The molecule has 1 atom stereocenters. The highest BCUT2D eigenvalue weighted by atomic mass is 32.1. The molecule has 2 fully saturated rings. The zero-order valence-corrected chi connectivity index (χ0v) is 18.3. The number of aromatic nitrogens is 1. The number of nitrogens with one attached hydrogen (secondary N) is 1. The number of carbonyl (C=O) groups is 1. The van der Waals surface area contributed by atoms with E-state index >= 15 is 0 Å². The first-order valence-corrected chi connectivity index (χ1v) is 11.1. The molecule has 0 aromatic carbocycles. The predicted molar refractivity (Wildman–Crippen MR) is 113 cm³/mol. The third-order valence-electron chi connectivity index (χ3n) is 5.02. The summed E-state index contributed by atoms with van der Waals surface area (Å²) in [7, 11) is 0. The summed E-state index contributed by atoms with van der Waals surface area (Å²) in [6.45, 7) is 13.7.